The average Bonchev–Trinajstić information content (AvgIpc) is 3.00. The maximum Gasteiger partial charge on any atom is 0.253 e. The van der Waals surface area contributed by atoms with Gasteiger partial charge in [-0.15, -0.1) is 0 Å². The van der Waals surface area contributed by atoms with Gasteiger partial charge in [-0.05, 0) is 42.5 Å². The van der Waals surface area contributed by atoms with E-state index in [1.54, 1.807) is 31.2 Å². The Morgan fingerprint density at radius 3 is 2.40 bits per heavy atom. The summed E-state index contributed by atoms with van der Waals surface area (Å²) in [5, 5.41) is 18.6. The number of aliphatic hydroxyl groups excluding tert-OH is 1. The SMILES string of the molecule is CC(=O)N1CC(CO)C2(CCN(C(=O)c3ccc(C#N)cc3)CC2)C1. The molecule has 1 N–H and O–H groups in total. The second-order valence-electron chi connectivity index (χ2n) is 7.12. The quantitative estimate of drug-likeness (QED) is 0.877. The summed E-state index contributed by atoms with van der Waals surface area (Å²) in [5.74, 6) is 0.108. The molecule has 1 atom stereocenters. The van der Waals surface area contributed by atoms with Crippen molar-refractivity contribution in [3.8, 4) is 6.07 Å². The number of likely N-dealkylation sites (tertiary alicyclic amines) is 2. The van der Waals surface area contributed by atoms with Crippen LogP contribution in [0.1, 0.15) is 35.7 Å². The highest BCUT2D eigenvalue weighted by Crippen LogP contribution is 2.44. The Kier molecular flexibility index (Phi) is 4.78. The van der Waals surface area contributed by atoms with E-state index in [-0.39, 0.29) is 29.8 Å². The zero-order chi connectivity index (χ0) is 18.0. The number of nitriles is 1. The molecule has 1 unspecified atom stereocenters. The molecule has 2 amide bonds. The lowest BCUT2D eigenvalue weighted by atomic mass is 9.71. The Hall–Kier alpha value is -2.39. The van der Waals surface area contributed by atoms with Gasteiger partial charge >= 0.3 is 0 Å². The molecule has 0 aromatic heterocycles. The molecular weight excluding hydrogens is 318 g/mol. The van der Waals surface area contributed by atoms with Crippen LogP contribution in [0.3, 0.4) is 0 Å². The molecule has 3 rings (SSSR count). The van der Waals surface area contributed by atoms with Crippen LogP contribution in [-0.2, 0) is 4.79 Å². The molecule has 132 valence electrons. The van der Waals surface area contributed by atoms with Crippen LogP contribution < -0.4 is 0 Å². The van der Waals surface area contributed by atoms with Crippen LogP contribution >= 0.6 is 0 Å². The summed E-state index contributed by atoms with van der Waals surface area (Å²) >= 11 is 0. The summed E-state index contributed by atoms with van der Waals surface area (Å²) < 4.78 is 0. The van der Waals surface area contributed by atoms with Gasteiger partial charge in [0.15, 0.2) is 0 Å². The summed E-state index contributed by atoms with van der Waals surface area (Å²) in [5.41, 5.74) is 1.04. The average molecular weight is 341 g/mol. The fourth-order valence-corrected chi connectivity index (χ4v) is 4.12. The van der Waals surface area contributed by atoms with Gasteiger partial charge in [0.25, 0.3) is 5.91 Å². The van der Waals surface area contributed by atoms with Gasteiger partial charge in [0.05, 0.1) is 11.6 Å². The Morgan fingerprint density at radius 1 is 1.24 bits per heavy atom. The highest BCUT2D eigenvalue weighted by Gasteiger charge is 2.48. The van der Waals surface area contributed by atoms with Crippen molar-refractivity contribution in [1.29, 1.82) is 5.26 Å². The fourth-order valence-electron chi connectivity index (χ4n) is 4.12. The second kappa shape index (κ2) is 6.85. The molecule has 6 heteroatoms. The summed E-state index contributed by atoms with van der Waals surface area (Å²) in [6.07, 6.45) is 1.59. The van der Waals surface area contributed by atoms with Gasteiger partial charge in [-0.3, -0.25) is 9.59 Å². The van der Waals surface area contributed by atoms with Crippen LogP contribution in [0, 0.1) is 22.7 Å². The second-order valence-corrected chi connectivity index (χ2v) is 7.12. The minimum atomic E-state index is -0.0815. The number of amides is 2. The Balaban J connectivity index is 1.67. The lowest BCUT2D eigenvalue weighted by molar-refractivity contribution is -0.128. The highest BCUT2D eigenvalue weighted by atomic mass is 16.3. The maximum atomic E-state index is 12.7. The molecule has 2 aliphatic heterocycles. The van der Waals surface area contributed by atoms with Crippen LogP contribution in [0.15, 0.2) is 24.3 Å². The van der Waals surface area contributed by atoms with Gasteiger partial charge in [-0.25, -0.2) is 0 Å². The first-order valence-corrected chi connectivity index (χ1v) is 8.65. The normalized spacial score (nSPS) is 22.0. The number of carbonyl (C=O) groups excluding carboxylic acids is 2. The molecule has 6 nitrogen and oxygen atoms in total. The molecule has 0 bridgehead atoms. The third kappa shape index (κ3) is 3.24. The van der Waals surface area contributed by atoms with Crippen molar-refractivity contribution in [2.45, 2.75) is 19.8 Å². The Morgan fingerprint density at radius 2 is 1.88 bits per heavy atom. The minimum absolute atomic E-state index is 0.0266. The third-order valence-electron chi connectivity index (χ3n) is 5.79. The van der Waals surface area contributed by atoms with E-state index < -0.39 is 0 Å². The van der Waals surface area contributed by atoms with E-state index in [0.29, 0.717) is 37.3 Å². The van der Waals surface area contributed by atoms with Gasteiger partial charge in [0.2, 0.25) is 5.91 Å². The number of hydrogen-bond donors (Lipinski definition) is 1. The Bertz CT molecular complexity index is 700. The van der Waals surface area contributed by atoms with Crippen LogP contribution in [0.5, 0.6) is 0 Å². The number of piperidine rings is 1. The van der Waals surface area contributed by atoms with E-state index in [2.05, 4.69) is 0 Å². The van der Waals surface area contributed by atoms with Crippen molar-refractivity contribution in [3.05, 3.63) is 35.4 Å². The van der Waals surface area contributed by atoms with Crippen molar-refractivity contribution in [1.82, 2.24) is 9.80 Å². The van der Waals surface area contributed by atoms with Crippen LogP contribution in [0.25, 0.3) is 0 Å². The topological polar surface area (TPSA) is 84.6 Å². The molecule has 0 radical (unpaired) electrons. The Labute approximate surface area is 147 Å². The van der Waals surface area contributed by atoms with Crippen molar-refractivity contribution in [3.63, 3.8) is 0 Å². The van der Waals surface area contributed by atoms with Crippen LogP contribution in [0.2, 0.25) is 0 Å². The number of carbonyl (C=O) groups is 2. The molecule has 1 aromatic carbocycles. The number of benzene rings is 1. The third-order valence-corrected chi connectivity index (χ3v) is 5.79. The van der Waals surface area contributed by atoms with Gasteiger partial charge in [-0.1, -0.05) is 0 Å². The number of hydrogen-bond acceptors (Lipinski definition) is 4. The highest BCUT2D eigenvalue weighted by molar-refractivity contribution is 5.94. The molecule has 2 fully saturated rings. The van der Waals surface area contributed by atoms with E-state index in [0.717, 1.165) is 12.8 Å². The molecule has 0 saturated carbocycles. The predicted octanol–water partition coefficient (Wildman–Crippen LogP) is 1.25. The first-order chi connectivity index (χ1) is 12.0. The summed E-state index contributed by atoms with van der Waals surface area (Å²) in [7, 11) is 0. The predicted molar refractivity (Wildman–Crippen MR) is 91.6 cm³/mol. The fraction of sp³-hybridized carbons (Fsp3) is 0.526. The standard InChI is InChI=1S/C19H23N3O3/c1-14(24)22-11-17(12-23)19(13-22)6-8-21(9-7-19)18(25)16-4-2-15(10-20)3-5-16/h2-5,17,23H,6-9,11-13H2,1H3. The molecule has 2 heterocycles. The van der Waals surface area contributed by atoms with Gasteiger partial charge < -0.3 is 14.9 Å². The minimum Gasteiger partial charge on any atom is -0.396 e. The van der Waals surface area contributed by atoms with Crippen LogP contribution in [0.4, 0.5) is 0 Å². The molecule has 1 aromatic rings. The molecular formula is C19H23N3O3. The van der Waals surface area contributed by atoms with Crippen molar-refractivity contribution >= 4 is 11.8 Å². The molecule has 1 spiro atoms. The van der Waals surface area contributed by atoms with Crippen LogP contribution in [-0.4, -0.2) is 59.5 Å². The van der Waals surface area contributed by atoms with E-state index >= 15 is 0 Å². The van der Waals surface area contributed by atoms with Crippen molar-refractivity contribution in [2.24, 2.45) is 11.3 Å². The van der Waals surface area contributed by atoms with Gasteiger partial charge in [-0.2, -0.15) is 5.26 Å². The van der Waals surface area contributed by atoms with Gasteiger partial charge in [0.1, 0.15) is 0 Å². The van der Waals surface area contributed by atoms with E-state index in [4.69, 9.17) is 5.26 Å². The lowest BCUT2D eigenvalue weighted by Gasteiger charge is -2.42. The lowest BCUT2D eigenvalue weighted by Crippen LogP contribution is -2.47. The number of aliphatic hydroxyl groups is 1. The van der Waals surface area contributed by atoms with E-state index in [9.17, 15) is 14.7 Å². The maximum absolute atomic E-state index is 12.7. The van der Waals surface area contributed by atoms with E-state index in [1.165, 1.54) is 0 Å². The number of rotatable bonds is 2. The zero-order valence-corrected chi connectivity index (χ0v) is 14.4. The van der Waals surface area contributed by atoms with E-state index in [1.807, 2.05) is 15.9 Å². The number of nitrogens with zero attached hydrogens (tertiary/aromatic N) is 3. The molecule has 2 saturated heterocycles. The first kappa shape index (κ1) is 17.4. The van der Waals surface area contributed by atoms with Crippen molar-refractivity contribution < 1.29 is 14.7 Å². The summed E-state index contributed by atoms with van der Waals surface area (Å²) in [6, 6.07) is 8.74. The molecule has 0 aliphatic carbocycles. The van der Waals surface area contributed by atoms with Gasteiger partial charge in [0, 0.05) is 51.2 Å². The van der Waals surface area contributed by atoms with Crippen molar-refractivity contribution in [2.75, 3.05) is 32.8 Å². The molecule has 2 aliphatic rings. The zero-order valence-electron chi connectivity index (χ0n) is 14.4. The monoisotopic (exact) mass is 341 g/mol. The summed E-state index contributed by atoms with van der Waals surface area (Å²) in [4.78, 5) is 28.0. The summed E-state index contributed by atoms with van der Waals surface area (Å²) in [6.45, 7) is 4.17. The molecule has 25 heavy (non-hydrogen) atoms. The smallest absolute Gasteiger partial charge is 0.253 e. The largest absolute Gasteiger partial charge is 0.396 e. The first-order valence-electron chi connectivity index (χ1n) is 8.65.